The fourth-order valence-corrected chi connectivity index (χ4v) is 3.14. The number of thiophene rings is 1. The maximum atomic E-state index is 11.9. The van der Waals surface area contributed by atoms with Gasteiger partial charge in [-0.2, -0.15) is 11.3 Å². The second-order valence-electron chi connectivity index (χ2n) is 5.85. The molecule has 1 aromatic heterocycles. The van der Waals surface area contributed by atoms with Crippen LogP contribution in [0.25, 0.3) is 0 Å². The Morgan fingerprint density at radius 2 is 1.96 bits per heavy atom. The highest BCUT2D eigenvalue weighted by Crippen LogP contribution is 2.16. The summed E-state index contributed by atoms with van der Waals surface area (Å²) in [6.45, 7) is 3.78. The molecule has 1 atom stereocenters. The molecule has 2 rings (SSSR count). The van der Waals surface area contributed by atoms with Crippen molar-refractivity contribution in [3.63, 3.8) is 0 Å². The van der Waals surface area contributed by atoms with Crippen LogP contribution in [0.4, 0.5) is 0 Å². The third-order valence-corrected chi connectivity index (χ3v) is 4.61. The zero-order valence-electron chi connectivity index (χ0n) is 14.8. The van der Waals surface area contributed by atoms with Crippen LogP contribution in [-0.2, 0) is 11.2 Å². The Bertz CT molecular complexity index is 655. The average Bonchev–Trinajstić information content (AvgIpc) is 3.17. The van der Waals surface area contributed by atoms with Gasteiger partial charge < -0.3 is 16.0 Å². The monoisotopic (exact) mass is 358 g/mol. The molecule has 0 aliphatic heterocycles. The third-order valence-electron chi connectivity index (χ3n) is 3.91. The van der Waals surface area contributed by atoms with E-state index in [0.717, 1.165) is 13.0 Å². The molecule has 1 unspecified atom stereocenters. The molecule has 1 amide bonds. The Labute approximate surface area is 153 Å². The van der Waals surface area contributed by atoms with Crippen molar-refractivity contribution in [3.05, 3.63) is 58.3 Å². The van der Waals surface area contributed by atoms with Gasteiger partial charge in [-0.25, -0.2) is 0 Å². The predicted octanol–water partition coefficient (Wildman–Crippen LogP) is 2.38. The molecule has 0 radical (unpaired) electrons. The molecular weight excluding hydrogens is 332 g/mol. The van der Waals surface area contributed by atoms with Crippen LogP contribution in [0.15, 0.2) is 52.2 Å². The standard InChI is InChI=1S/C19H26N4OS/c1-15(17-9-11-25-14-17)12-22-19(20-2)23-13-18(24)21-10-8-16-6-4-3-5-7-16/h3-7,9,11,14-15H,8,10,12-13H2,1-2H3,(H,21,24)(H2,20,22,23). The predicted molar refractivity (Wildman–Crippen MR) is 105 cm³/mol. The SMILES string of the molecule is CN=C(NCC(=O)NCCc1ccccc1)NCC(C)c1ccsc1. The first-order chi connectivity index (χ1) is 12.2. The minimum Gasteiger partial charge on any atom is -0.356 e. The van der Waals surface area contributed by atoms with Gasteiger partial charge in [0.25, 0.3) is 0 Å². The molecule has 0 aliphatic rings. The number of benzene rings is 1. The topological polar surface area (TPSA) is 65.5 Å². The summed E-state index contributed by atoms with van der Waals surface area (Å²) < 4.78 is 0. The van der Waals surface area contributed by atoms with Gasteiger partial charge in [0.05, 0.1) is 6.54 Å². The van der Waals surface area contributed by atoms with Gasteiger partial charge in [0.1, 0.15) is 0 Å². The zero-order chi connectivity index (χ0) is 17.9. The first-order valence-electron chi connectivity index (χ1n) is 8.46. The lowest BCUT2D eigenvalue weighted by Crippen LogP contribution is -2.44. The van der Waals surface area contributed by atoms with Crippen LogP contribution in [-0.4, -0.2) is 38.5 Å². The number of nitrogens with zero attached hydrogens (tertiary/aromatic N) is 1. The van der Waals surface area contributed by atoms with E-state index in [0.29, 0.717) is 18.4 Å². The number of carbonyl (C=O) groups is 1. The Balaban J connectivity index is 1.63. The summed E-state index contributed by atoms with van der Waals surface area (Å²) in [5.41, 5.74) is 2.53. The lowest BCUT2D eigenvalue weighted by molar-refractivity contribution is -0.119. The van der Waals surface area contributed by atoms with E-state index in [2.05, 4.69) is 56.8 Å². The van der Waals surface area contributed by atoms with E-state index in [-0.39, 0.29) is 12.5 Å². The maximum Gasteiger partial charge on any atom is 0.239 e. The van der Waals surface area contributed by atoms with E-state index in [9.17, 15) is 4.79 Å². The smallest absolute Gasteiger partial charge is 0.239 e. The summed E-state index contributed by atoms with van der Waals surface area (Å²) in [7, 11) is 1.71. The lowest BCUT2D eigenvalue weighted by Gasteiger charge is -2.15. The Kier molecular flexibility index (Phi) is 7.98. The number of carbonyl (C=O) groups excluding carboxylic acids is 1. The molecule has 2 aromatic rings. The van der Waals surface area contributed by atoms with E-state index < -0.39 is 0 Å². The first kappa shape index (κ1) is 19.0. The molecule has 3 N–H and O–H groups in total. The van der Waals surface area contributed by atoms with Crippen molar-refractivity contribution in [2.75, 3.05) is 26.7 Å². The van der Waals surface area contributed by atoms with Crippen LogP contribution in [0.5, 0.6) is 0 Å². The molecular formula is C19H26N4OS. The van der Waals surface area contributed by atoms with Gasteiger partial charge in [-0.3, -0.25) is 9.79 Å². The van der Waals surface area contributed by atoms with Gasteiger partial charge in [0.15, 0.2) is 5.96 Å². The van der Waals surface area contributed by atoms with E-state index in [1.165, 1.54) is 11.1 Å². The van der Waals surface area contributed by atoms with E-state index in [1.807, 2.05) is 18.2 Å². The number of rotatable bonds is 8. The Morgan fingerprint density at radius 3 is 2.64 bits per heavy atom. The van der Waals surface area contributed by atoms with Crippen LogP contribution >= 0.6 is 11.3 Å². The molecule has 0 spiro atoms. The highest BCUT2D eigenvalue weighted by Gasteiger charge is 2.08. The van der Waals surface area contributed by atoms with Gasteiger partial charge in [-0.15, -0.1) is 0 Å². The largest absolute Gasteiger partial charge is 0.356 e. The van der Waals surface area contributed by atoms with Gasteiger partial charge in [-0.05, 0) is 40.3 Å². The summed E-state index contributed by atoms with van der Waals surface area (Å²) in [6, 6.07) is 12.3. The summed E-state index contributed by atoms with van der Waals surface area (Å²) in [6.07, 6.45) is 0.831. The van der Waals surface area contributed by atoms with Crippen molar-refractivity contribution >= 4 is 23.2 Å². The normalized spacial score (nSPS) is 12.5. The van der Waals surface area contributed by atoms with Crippen molar-refractivity contribution in [1.29, 1.82) is 0 Å². The lowest BCUT2D eigenvalue weighted by atomic mass is 10.1. The fraction of sp³-hybridized carbons (Fsp3) is 0.368. The fourth-order valence-electron chi connectivity index (χ4n) is 2.36. The summed E-state index contributed by atoms with van der Waals surface area (Å²) >= 11 is 1.70. The van der Waals surface area contributed by atoms with Gasteiger partial charge >= 0.3 is 0 Å². The molecule has 0 fully saturated rings. The second kappa shape index (κ2) is 10.5. The number of guanidine groups is 1. The van der Waals surface area contributed by atoms with E-state index in [1.54, 1.807) is 18.4 Å². The zero-order valence-corrected chi connectivity index (χ0v) is 15.6. The van der Waals surface area contributed by atoms with Crippen molar-refractivity contribution < 1.29 is 4.79 Å². The van der Waals surface area contributed by atoms with Crippen LogP contribution in [0, 0.1) is 0 Å². The van der Waals surface area contributed by atoms with Crippen molar-refractivity contribution in [2.24, 2.45) is 4.99 Å². The number of aliphatic imine (C=N–C) groups is 1. The number of hydrogen-bond acceptors (Lipinski definition) is 3. The van der Waals surface area contributed by atoms with E-state index in [4.69, 9.17) is 0 Å². The Hall–Kier alpha value is -2.34. The first-order valence-corrected chi connectivity index (χ1v) is 9.40. The van der Waals surface area contributed by atoms with Crippen molar-refractivity contribution in [3.8, 4) is 0 Å². The third kappa shape index (κ3) is 6.97. The molecule has 0 bridgehead atoms. The average molecular weight is 359 g/mol. The molecule has 1 heterocycles. The Morgan fingerprint density at radius 1 is 1.16 bits per heavy atom. The second-order valence-corrected chi connectivity index (χ2v) is 6.63. The molecule has 0 saturated carbocycles. The number of amides is 1. The number of nitrogens with one attached hydrogen (secondary N) is 3. The molecule has 1 aromatic carbocycles. The maximum absolute atomic E-state index is 11.9. The minimum absolute atomic E-state index is 0.0373. The molecule has 0 saturated heterocycles. The molecule has 134 valence electrons. The van der Waals surface area contributed by atoms with Crippen LogP contribution in [0.3, 0.4) is 0 Å². The van der Waals surface area contributed by atoms with Gasteiger partial charge in [0, 0.05) is 20.1 Å². The van der Waals surface area contributed by atoms with Crippen LogP contribution in [0.2, 0.25) is 0 Å². The molecule has 0 aliphatic carbocycles. The minimum atomic E-state index is -0.0373. The molecule has 25 heavy (non-hydrogen) atoms. The van der Waals surface area contributed by atoms with Gasteiger partial charge in [0.2, 0.25) is 5.91 Å². The molecule has 6 heteroatoms. The summed E-state index contributed by atoms with van der Waals surface area (Å²) in [5, 5.41) is 13.5. The van der Waals surface area contributed by atoms with Crippen molar-refractivity contribution in [1.82, 2.24) is 16.0 Å². The quantitative estimate of drug-likeness (QED) is 0.501. The summed E-state index contributed by atoms with van der Waals surface area (Å²) in [5.74, 6) is 0.995. The highest BCUT2D eigenvalue weighted by molar-refractivity contribution is 7.07. The van der Waals surface area contributed by atoms with Crippen LogP contribution < -0.4 is 16.0 Å². The van der Waals surface area contributed by atoms with Crippen molar-refractivity contribution in [2.45, 2.75) is 19.3 Å². The van der Waals surface area contributed by atoms with Crippen LogP contribution in [0.1, 0.15) is 24.0 Å². The highest BCUT2D eigenvalue weighted by atomic mass is 32.1. The van der Waals surface area contributed by atoms with E-state index >= 15 is 0 Å². The van der Waals surface area contributed by atoms with Gasteiger partial charge in [-0.1, -0.05) is 37.3 Å². The number of hydrogen-bond donors (Lipinski definition) is 3. The summed E-state index contributed by atoms with van der Waals surface area (Å²) in [4.78, 5) is 16.1. The molecule has 5 nitrogen and oxygen atoms in total.